The van der Waals surface area contributed by atoms with Gasteiger partial charge in [-0.3, -0.25) is 4.90 Å². The van der Waals surface area contributed by atoms with Crippen LogP contribution in [-0.4, -0.2) is 47.0 Å². The van der Waals surface area contributed by atoms with Crippen molar-refractivity contribution in [3.63, 3.8) is 0 Å². The van der Waals surface area contributed by atoms with Gasteiger partial charge in [0, 0.05) is 19.1 Å². The van der Waals surface area contributed by atoms with Gasteiger partial charge in [0.05, 0.1) is 12.7 Å². The summed E-state index contributed by atoms with van der Waals surface area (Å²) in [5.74, 6) is 0. The van der Waals surface area contributed by atoms with Crippen LogP contribution in [0.5, 0.6) is 0 Å². The number of rotatable bonds is 2. The molecule has 0 unspecified atom stereocenters. The molecule has 0 saturated carbocycles. The number of aliphatic hydroxyl groups is 2. The lowest BCUT2D eigenvalue weighted by Gasteiger charge is -2.35. The highest BCUT2D eigenvalue weighted by Gasteiger charge is 2.22. The second kappa shape index (κ2) is 4.04. The quantitative estimate of drug-likeness (QED) is 0.587. The molecule has 66 valence electrons. The van der Waals surface area contributed by atoms with Crippen molar-refractivity contribution in [1.29, 1.82) is 0 Å². The molecule has 1 aliphatic heterocycles. The Balaban J connectivity index is 2.34. The fourth-order valence-electron chi connectivity index (χ4n) is 1.60. The minimum atomic E-state index is -0.183. The fraction of sp³-hybridized carbons (Fsp3) is 1.00. The molecule has 1 rings (SSSR count). The van der Waals surface area contributed by atoms with Crippen molar-refractivity contribution in [2.24, 2.45) is 0 Å². The van der Waals surface area contributed by atoms with Crippen LogP contribution in [0.4, 0.5) is 0 Å². The van der Waals surface area contributed by atoms with Crippen LogP contribution < -0.4 is 0 Å². The van der Waals surface area contributed by atoms with E-state index in [1.807, 2.05) is 0 Å². The van der Waals surface area contributed by atoms with Crippen LogP contribution >= 0.6 is 0 Å². The summed E-state index contributed by atoms with van der Waals surface area (Å²) < 4.78 is 0. The van der Waals surface area contributed by atoms with Gasteiger partial charge in [-0.15, -0.1) is 0 Å². The SMILES string of the molecule is C[C@H]1CC[C@H](O)CN1CCO. The van der Waals surface area contributed by atoms with E-state index in [-0.39, 0.29) is 12.7 Å². The molecule has 0 radical (unpaired) electrons. The van der Waals surface area contributed by atoms with Gasteiger partial charge in [0.15, 0.2) is 0 Å². The zero-order valence-electron chi connectivity index (χ0n) is 7.03. The first-order chi connectivity index (χ1) is 5.24. The van der Waals surface area contributed by atoms with E-state index in [2.05, 4.69) is 11.8 Å². The number of nitrogens with zero attached hydrogens (tertiary/aromatic N) is 1. The summed E-state index contributed by atoms with van der Waals surface area (Å²) in [6.45, 7) is 3.75. The van der Waals surface area contributed by atoms with Gasteiger partial charge in [-0.05, 0) is 19.8 Å². The van der Waals surface area contributed by atoms with E-state index in [0.29, 0.717) is 12.6 Å². The highest BCUT2D eigenvalue weighted by atomic mass is 16.3. The predicted octanol–water partition coefficient (Wildman–Crippen LogP) is -0.176. The van der Waals surface area contributed by atoms with Crippen molar-refractivity contribution in [1.82, 2.24) is 4.90 Å². The average Bonchev–Trinajstić information content (AvgIpc) is 1.98. The summed E-state index contributed by atoms with van der Waals surface area (Å²) in [4.78, 5) is 2.13. The Morgan fingerprint density at radius 3 is 2.82 bits per heavy atom. The first-order valence-corrected chi connectivity index (χ1v) is 4.27. The van der Waals surface area contributed by atoms with Gasteiger partial charge in [-0.25, -0.2) is 0 Å². The molecule has 2 atom stereocenters. The largest absolute Gasteiger partial charge is 0.395 e. The molecule has 11 heavy (non-hydrogen) atoms. The highest BCUT2D eigenvalue weighted by molar-refractivity contribution is 4.77. The molecule has 0 aliphatic carbocycles. The second-order valence-corrected chi connectivity index (χ2v) is 3.30. The fourth-order valence-corrected chi connectivity index (χ4v) is 1.60. The summed E-state index contributed by atoms with van der Waals surface area (Å²) in [6, 6.07) is 0.519. The molecule has 0 aromatic heterocycles. The lowest BCUT2D eigenvalue weighted by atomic mass is 10.0. The molecule has 0 spiro atoms. The van der Waals surface area contributed by atoms with Crippen LogP contribution in [0, 0.1) is 0 Å². The van der Waals surface area contributed by atoms with Crippen molar-refractivity contribution >= 4 is 0 Å². The van der Waals surface area contributed by atoms with Crippen molar-refractivity contribution in [3.05, 3.63) is 0 Å². The van der Waals surface area contributed by atoms with E-state index in [4.69, 9.17) is 5.11 Å². The normalized spacial score (nSPS) is 34.1. The van der Waals surface area contributed by atoms with Gasteiger partial charge < -0.3 is 10.2 Å². The van der Waals surface area contributed by atoms with Gasteiger partial charge in [0.25, 0.3) is 0 Å². The zero-order valence-corrected chi connectivity index (χ0v) is 7.03. The lowest BCUT2D eigenvalue weighted by Crippen LogP contribution is -2.45. The van der Waals surface area contributed by atoms with Crippen molar-refractivity contribution in [2.45, 2.75) is 31.9 Å². The van der Waals surface area contributed by atoms with Crippen LogP contribution in [0.25, 0.3) is 0 Å². The zero-order chi connectivity index (χ0) is 8.27. The Bertz CT molecular complexity index is 119. The maximum Gasteiger partial charge on any atom is 0.0667 e. The Morgan fingerprint density at radius 2 is 2.18 bits per heavy atom. The van der Waals surface area contributed by atoms with Gasteiger partial charge in [0.1, 0.15) is 0 Å². The van der Waals surface area contributed by atoms with Crippen LogP contribution in [-0.2, 0) is 0 Å². The average molecular weight is 159 g/mol. The first kappa shape index (κ1) is 8.97. The maximum absolute atomic E-state index is 9.30. The number of aliphatic hydroxyl groups excluding tert-OH is 2. The topological polar surface area (TPSA) is 43.7 Å². The molecule has 0 aromatic rings. The Hall–Kier alpha value is -0.120. The predicted molar refractivity (Wildman–Crippen MR) is 43.4 cm³/mol. The molecular weight excluding hydrogens is 142 g/mol. The summed E-state index contributed by atoms with van der Waals surface area (Å²) >= 11 is 0. The summed E-state index contributed by atoms with van der Waals surface area (Å²) in [5.41, 5.74) is 0. The number of hydrogen-bond acceptors (Lipinski definition) is 3. The van der Waals surface area contributed by atoms with Crippen LogP contribution in [0.2, 0.25) is 0 Å². The van der Waals surface area contributed by atoms with E-state index < -0.39 is 0 Å². The third kappa shape index (κ3) is 2.43. The molecule has 0 amide bonds. The molecule has 1 aliphatic rings. The third-order valence-corrected chi connectivity index (χ3v) is 2.37. The van der Waals surface area contributed by atoms with E-state index in [9.17, 15) is 5.11 Å². The second-order valence-electron chi connectivity index (χ2n) is 3.30. The van der Waals surface area contributed by atoms with Crippen LogP contribution in [0.3, 0.4) is 0 Å². The molecule has 1 saturated heterocycles. The lowest BCUT2D eigenvalue weighted by molar-refractivity contribution is 0.0319. The Labute approximate surface area is 67.6 Å². The van der Waals surface area contributed by atoms with Gasteiger partial charge in [0.2, 0.25) is 0 Å². The van der Waals surface area contributed by atoms with E-state index in [0.717, 1.165) is 19.4 Å². The summed E-state index contributed by atoms with van der Waals surface area (Å²) in [5, 5.41) is 18.0. The minimum Gasteiger partial charge on any atom is -0.395 e. The molecule has 0 aromatic carbocycles. The van der Waals surface area contributed by atoms with Gasteiger partial charge >= 0.3 is 0 Å². The maximum atomic E-state index is 9.30. The molecule has 2 N–H and O–H groups in total. The van der Waals surface area contributed by atoms with Gasteiger partial charge in [-0.2, -0.15) is 0 Å². The molecule has 1 heterocycles. The van der Waals surface area contributed by atoms with E-state index >= 15 is 0 Å². The third-order valence-electron chi connectivity index (χ3n) is 2.37. The number of β-amino-alcohol motifs (C(OH)–C–C–N with tert-alkyl or cyclic N) is 2. The number of likely N-dealkylation sites (tertiary alicyclic amines) is 1. The highest BCUT2D eigenvalue weighted by Crippen LogP contribution is 2.15. The smallest absolute Gasteiger partial charge is 0.0667 e. The Kier molecular flexibility index (Phi) is 3.30. The summed E-state index contributed by atoms with van der Waals surface area (Å²) in [7, 11) is 0. The van der Waals surface area contributed by atoms with E-state index in [1.165, 1.54) is 0 Å². The number of piperidine rings is 1. The monoisotopic (exact) mass is 159 g/mol. The number of hydrogen-bond donors (Lipinski definition) is 2. The van der Waals surface area contributed by atoms with Crippen LogP contribution in [0.1, 0.15) is 19.8 Å². The summed E-state index contributed by atoms with van der Waals surface area (Å²) in [6.07, 6.45) is 1.77. The standard InChI is InChI=1S/C8H17NO2/c1-7-2-3-8(11)6-9(7)4-5-10/h7-8,10-11H,2-6H2,1H3/t7-,8-/m0/s1. The van der Waals surface area contributed by atoms with E-state index in [1.54, 1.807) is 0 Å². The molecule has 3 nitrogen and oxygen atoms in total. The molecule has 0 bridgehead atoms. The minimum absolute atomic E-state index is 0.183. The molecule has 3 heteroatoms. The Morgan fingerprint density at radius 1 is 1.45 bits per heavy atom. The molecular formula is C8H17NO2. The van der Waals surface area contributed by atoms with Gasteiger partial charge in [-0.1, -0.05) is 0 Å². The molecule has 1 fully saturated rings. The van der Waals surface area contributed by atoms with Crippen molar-refractivity contribution in [3.8, 4) is 0 Å². The van der Waals surface area contributed by atoms with Crippen LogP contribution in [0.15, 0.2) is 0 Å². The van der Waals surface area contributed by atoms with Crippen molar-refractivity contribution in [2.75, 3.05) is 19.7 Å². The van der Waals surface area contributed by atoms with Crippen molar-refractivity contribution < 1.29 is 10.2 Å². The first-order valence-electron chi connectivity index (χ1n) is 4.27.